The quantitative estimate of drug-likeness (QED) is 0.332. The second-order valence-corrected chi connectivity index (χ2v) is 9.50. The van der Waals surface area contributed by atoms with Crippen LogP contribution in [0.25, 0.3) is 15.9 Å². The van der Waals surface area contributed by atoms with Gasteiger partial charge in [0.1, 0.15) is 10.6 Å². The Labute approximate surface area is 193 Å². The van der Waals surface area contributed by atoms with Gasteiger partial charge in [-0.05, 0) is 61.2 Å². The lowest BCUT2D eigenvalue weighted by molar-refractivity contribution is -0.113. The first-order valence-electron chi connectivity index (χ1n) is 10.3. The van der Waals surface area contributed by atoms with Gasteiger partial charge in [0.2, 0.25) is 5.91 Å². The number of hydrogen-bond donors (Lipinski definition) is 1. The first kappa shape index (κ1) is 20.8. The van der Waals surface area contributed by atoms with Crippen molar-refractivity contribution in [1.29, 1.82) is 0 Å². The Bertz CT molecular complexity index is 1350. The van der Waals surface area contributed by atoms with E-state index in [-0.39, 0.29) is 17.2 Å². The van der Waals surface area contributed by atoms with E-state index in [9.17, 15) is 9.59 Å². The van der Waals surface area contributed by atoms with Gasteiger partial charge in [-0.15, -0.1) is 11.3 Å². The summed E-state index contributed by atoms with van der Waals surface area (Å²) in [4.78, 5) is 33.0. The van der Waals surface area contributed by atoms with Crippen LogP contribution in [0.4, 0.5) is 5.69 Å². The third-order valence-electron chi connectivity index (χ3n) is 5.43. The lowest BCUT2D eigenvalue weighted by Crippen LogP contribution is -2.23. The molecule has 1 aliphatic carbocycles. The molecule has 32 heavy (non-hydrogen) atoms. The molecule has 0 unspecified atom stereocenters. The third-order valence-corrected chi connectivity index (χ3v) is 7.55. The van der Waals surface area contributed by atoms with Gasteiger partial charge < -0.3 is 10.1 Å². The molecule has 4 aromatic rings. The number of ether oxygens (including phenoxy) is 1. The molecule has 0 saturated carbocycles. The molecule has 162 valence electrons. The fraction of sp³-hybridized carbons (Fsp3) is 0.208. The van der Waals surface area contributed by atoms with Gasteiger partial charge in [0, 0.05) is 10.6 Å². The molecule has 2 aromatic heterocycles. The van der Waals surface area contributed by atoms with Gasteiger partial charge in [-0.3, -0.25) is 14.2 Å². The summed E-state index contributed by atoms with van der Waals surface area (Å²) in [5, 5.41) is 4.14. The van der Waals surface area contributed by atoms with Crippen molar-refractivity contribution in [2.75, 3.05) is 18.2 Å². The number of fused-ring (bicyclic) bond motifs is 3. The number of hydrogen-bond acceptors (Lipinski definition) is 6. The number of nitrogens with one attached hydrogen (secondary N) is 1. The summed E-state index contributed by atoms with van der Waals surface area (Å²) in [6.45, 7) is 0. The molecule has 1 aliphatic rings. The third kappa shape index (κ3) is 3.91. The zero-order chi connectivity index (χ0) is 22.1. The van der Waals surface area contributed by atoms with Crippen LogP contribution in [0.2, 0.25) is 0 Å². The monoisotopic (exact) mass is 463 g/mol. The molecule has 5 rings (SSSR count). The van der Waals surface area contributed by atoms with Gasteiger partial charge in [0.25, 0.3) is 5.56 Å². The number of para-hydroxylation sites is 1. The molecule has 0 radical (unpaired) electrons. The van der Waals surface area contributed by atoms with E-state index in [0.29, 0.717) is 10.8 Å². The number of aromatic nitrogens is 2. The Balaban J connectivity index is 1.46. The molecule has 0 bridgehead atoms. The smallest absolute Gasteiger partial charge is 0.267 e. The Kier molecular flexibility index (Phi) is 5.71. The zero-order valence-corrected chi connectivity index (χ0v) is 19.1. The van der Waals surface area contributed by atoms with Crippen molar-refractivity contribution in [3.63, 3.8) is 0 Å². The molecule has 0 spiro atoms. The molecule has 1 N–H and O–H groups in total. The van der Waals surface area contributed by atoms with E-state index in [4.69, 9.17) is 9.72 Å². The normalized spacial score (nSPS) is 12.7. The number of benzene rings is 2. The van der Waals surface area contributed by atoms with Gasteiger partial charge in [-0.1, -0.05) is 30.0 Å². The van der Waals surface area contributed by atoms with E-state index in [2.05, 4.69) is 5.32 Å². The van der Waals surface area contributed by atoms with Crippen molar-refractivity contribution >= 4 is 44.9 Å². The zero-order valence-electron chi connectivity index (χ0n) is 17.5. The average Bonchev–Trinajstić information content (AvgIpc) is 3.40. The summed E-state index contributed by atoms with van der Waals surface area (Å²) in [7, 11) is 1.60. The number of amides is 1. The maximum Gasteiger partial charge on any atom is 0.267 e. The van der Waals surface area contributed by atoms with Crippen LogP contribution in [0.1, 0.15) is 16.9 Å². The summed E-state index contributed by atoms with van der Waals surface area (Å²) < 4.78 is 6.78. The van der Waals surface area contributed by atoms with Crippen molar-refractivity contribution in [2.24, 2.45) is 0 Å². The topological polar surface area (TPSA) is 73.2 Å². The first-order valence-corrected chi connectivity index (χ1v) is 12.1. The SMILES string of the molecule is COc1ccc(NC(=O)CSc2nc3sc4c(c3c(=O)n2-c2ccccc2)CCC4)cc1. The predicted octanol–water partition coefficient (Wildman–Crippen LogP) is 4.68. The fourth-order valence-electron chi connectivity index (χ4n) is 3.93. The highest BCUT2D eigenvalue weighted by Crippen LogP contribution is 2.36. The van der Waals surface area contributed by atoms with E-state index in [1.165, 1.54) is 16.6 Å². The number of anilines is 1. The largest absolute Gasteiger partial charge is 0.497 e. The van der Waals surface area contributed by atoms with Gasteiger partial charge >= 0.3 is 0 Å². The summed E-state index contributed by atoms with van der Waals surface area (Å²) in [5.41, 5.74) is 2.54. The molecule has 6 nitrogen and oxygen atoms in total. The van der Waals surface area contributed by atoms with Gasteiger partial charge in [0.15, 0.2) is 5.16 Å². The van der Waals surface area contributed by atoms with Crippen LogP contribution in [0.5, 0.6) is 5.75 Å². The number of methoxy groups -OCH3 is 1. The van der Waals surface area contributed by atoms with Crippen LogP contribution in [0, 0.1) is 0 Å². The number of carbonyl (C=O) groups is 1. The van der Waals surface area contributed by atoms with Gasteiger partial charge in [0.05, 0.1) is 23.9 Å². The summed E-state index contributed by atoms with van der Waals surface area (Å²) in [5.74, 6) is 0.703. The molecule has 0 saturated heterocycles. The van der Waals surface area contributed by atoms with Gasteiger partial charge in [-0.25, -0.2) is 4.98 Å². The second-order valence-electron chi connectivity index (χ2n) is 7.47. The highest BCUT2D eigenvalue weighted by molar-refractivity contribution is 7.99. The van der Waals surface area contributed by atoms with Crippen LogP contribution in [-0.2, 0) is 17.6 Å². The molecule has 0 atom stereocenters. The summed E-state index contributed by atoms with van der Waals surface area (Å²) >= 11 is 2.88. The molecule has 1 amide bonds. The maximum atomic E-state index is 13.6. The Morgan fingerprint density at radius 3 is 2.69 bits per heavy atom. The minimum atomic E-state index is -0.164. The van der Waals surface area contributed by atoms with E-state index >= 15 is 0 Å². The van der Waals surface area contributed by atoms with Crippen LogP contribution < -0.4 is 15.6 Å². The highest BCUT2D eigenvalue weighted by Gasteiger charge is 2.24. The fourth-order valence-corrected chi connectivity index (χ4v) is 6.04. The van der Waals surface area contributed by atoms with Crippen molar-refractivity contribution in [2.45, 2.75) is 24.4 Å². The molecular formula is C24H21N3O3S2. The van der Waals surface area contributed by atoms with Crippen molar-refractivity contribution in [3.8, 4) is 11.4 Å². The second kappa shape index (κ2) is 8.80. The van der Waals surface area contributed by atoms with Crippen LogP contribution in [-0.4, -0.2) is 28.3 Å². The number of rotatable bonds is 6. The molecular weight excluding hydrogens is 442 g/mol. The first-order chi connectivity index (χ1) is 15.6. The highest BCUT2D eigenvalue weighted by atomic mass is 32.2. The van der Waals surface area contributed by atoms with E-state index in [1.807, 2.05) is 30.3 Å². The minimum absolute atomic E-state index is 0.0568. The maximum absolute atomic E-state index is 13.6. The standard InChI is InChI=1S/C24H21N3O3S2/c1-30-17-12-10-15(11-13-17)25-20(28)14-31-24-26-22-21(18-8-5-9-19(18)32-22)23(29)27(24)16-6-3-2-4-7-16/h2-4,6-7,10-13H,5,8-9,14H2,1H3,(H,25,28). The Hall–Kier alpha value is -3.10. The molecule has 0 fully saturated rings. The average molecular weight is 464 g/mol. The molecule has 0 aliphatic heterocycles. The molecule has 8 heteroatoms. The number of nitrogens with zero attached hydrogens (tertiary/aromatic N) is 2. The van der Waals surface area contributed by atoms with Crippen molar-refractivity contribution < 1.29 is 9.53 Å². The summed E-state index contributed by atoms with van der Waals surface area (Å²) in [6.07, 6.45) is 3.02. The number of thiophene rings is 1. The Morgan fingerprint density at radius 1 is 1.16 bits per heavy atom. The molecule has 2 aromatic carbocycles. The lowest BCUT2D eigenvalue weighted by Gasteiger charge is -2.12. The van der Waals surface area contributed by atoms with E-state index in [1.54, 1.807) is 47.3 Å². The van der Waals surface area contributed by atoms with Crippen LogP contribution in [0.15, 0.2) is 64.5 Å². The lowest BCUT2D eigenvalue weighted by atomic mass is 10.2. The van der Waals surface area contributed by atoms with E-state index < -0.39 is 0 Å². The minimum Gasteiger partial charge on any atom is -0.497 e. The van der Waals surface area contributed by atoms with Crippen molar-refractivity contribution in [1.82, 2.24) is 9.55 Å². The molecule has 2 heterocycles. The van der Waals surface area contributed by atoms with Gasteiger partial charge in [-0.2, -0.15) is 0 Å². The summed E-state index contributed by atoms with van der Waals surface area (Å²) in [6, 6.07) is 16.7. The van der Waals surface area contributed by atoms with Crippen molar-refractivity contribution in [3.05, 3.63) is 75.4 Å². The number of thioether (sulfide) groups is 1. The Morgan fingerprint density at radius 2 is 1.94 bits per heavy atom. The number of aryl methyl sites for hydroxylation is 2. The predicted molar refractivity (Wildman–Crippen MR) is 130 cm³/mol. The van der Waals surface area contributed by atoms with Crippen LogP contribution >= 0.6 is 23.1 Å². The van der Waals surface area contributed by atoms with E-state index in [0.717, 1.165) is 46.5 Å². The van der Waals surface area contributed by atoms with Crippen LogP contribution in [0.3, 0.4) is 0 Å². The number of carbonyl (C=O) groups excluding carboxylic acids is 1.